The molecule has 2 rings (SSSR count). The summed E-state index contributed by atoms with van der Waals surface area (Å²) in [6, 6.07) is 7.41. The van der Waals surface area contributed by atoms with E-state index in [0.29, 0.717) is 5.56 Å². The van der Waals surface area contributed by atoms with Crippen molar-refractivity contribution in [3.05, 3.63) is 35.4 Å². The Morgan fingerprint density at radius 3 is 2.41 bits per heavy atom. The van der Waals surface area contributed by atoms with Gasteiger partial charge in [-0.05, 0) is 24.0 Å². The highest BCUT2D eigenvalue weighted by Crippen LogP contribution is 2.36. The highest BCUT2D eigenvalue weighted by Gasteiger charge is 2.31. The van der Waals surface area contributed by atoms with Crippen LogP contribution < -0.4 is 5.73 Å². The number of hydrogen-bond acceptors (Lipinski definition) is 1. The second-order valence-corrected chi connectivity index (χ2v) is 4.97. The predicted molar refractivity (Wildman–Crippen MR) is 65.1 cm³/mol. The number of nitrogens with two attached hydrogens (primary N) is 1. The first kappa shape index (κ1) is 12.5. The van der Waals surface area contributed by atoms with E-state index in [1.165, 1.54) is 6.42 Å². The third kappa shape index (κ3) is 2.83. The molecular weight excluding hydrogens is 220 g/mol. The molecule has 0 spiro atoms. The fourth-order valence-corrected chi connectivity index (χ4v) is 2.80. The van der Waals surface area contributed by atoms with E-state index in [2.05, 4.69) is 0 Å². The second kappa shape index (κ2) is 5.13. The maximum absolute atomic E-state index is 12.6. The van der Waals surface area contributed by atoms with Crippen LogP contribution in [0.3, 0.4) is 0 Å². The van der Waals surface area contributed by atoms with Crippen molar-refractivity contribution in [3.63, 3.8) is 0 Å². The lowest BCUT2D eigenvalue weighted by Gasteiger charge is -2.35. The average molecular weight is 239 g/mol. The topological polar surface area (TPSA) is 26.0 Å². The molecule has 0 unspecified atom stereocenters. The maximum atomic E-state index is 12.6. The molecule has 1 nitrogen and oxygen atoms in total. The van der Waals surface area contributed by atoms with E-state index >= 15 is 0 Å². The molecule has 1 aromatic carbocycles. The Kier molecular flexibility index (Phi) is 3.77. The summed E-state index contributed by atoms with van der Waals surface area (Å²) in [5.41, 5.74) is 7.67. The van der Waals surface area contributed by atoms with Gasteiger partial charge in [0.1, 0.15) is 0 Å². The molecule has 1 aromatic rings. The average Bonchev–Trinajstić information content (AvgIpc) is 2.30. The number of hydrogen-bond donors (Lipinski definition) is 1. The molecule has 1 aliphatic rings. The summed E-state index contributed by atoms with van der Waals surface area (Å²) in [5, 5.41) is 0. The van der Waals surface area contributed by atoms with Gasteiger partial charge in [0.05, 0.1) is 0 Å². The zero-order valence-corrected chi connectivity index (χ0v) is 9.96. The van der Waals surface area contributed by atoms with Gasteiger partial charge in [0.25, 0.3) is 0 Å². The fourth-order valence-electron chi connectivity index (χ4n) is 2.80. The van der Waals surface area contributed by atoms with Crippen LogP contribution in [0.25, 0.3) is 0 Å². The van der Waals surface area contributed by atoms with Gasteiger partial charge in [0.15, 0.2) is 0 Å². The van der Waals surface area contributed by atoms with Crippen LogP contribution in [0.1, 0.15) is 43.2 Å². The third-order valence-corrected chi connectivity index (χ3v) is 3.67. The van der Waals surface area contributed by atoms with Gasteiger partial charge in [0.2, 0.25) is 6.43 Å². The molecule has 2 N–H and O–H groups in total. The molecule has 3 heteroatoms. The Bertz CT molecular complexity index is 370. The van der Waals surface area contributed by atoms with Crippen LogP contribution in [0.5, 0.6) is 0 Å². The highest BCUT2D eigenvalue weighted by molar-refractivity contribution is 5.34. The van der Waals surface area contributed by atoms with Gasteiger partial charge >= 0.3 is 0 Å². The number of rotatable bonds is 3. The molecule has 0 radical (unpaired) electrons. The van der Waals surface area contributed by atoms with Crippen LogP contribution >= 0.6 is 0 Å². The van der Waals surface area contributed by atoms with Crippen molar-refractivity contribution in [2.75, 3.05) is 0 Å². The summed E-state index contributed by atoms with van der Waals surface area (Å²) < 4.78 is 25.1. The van der Waals surface area contributed by atoms with Crippen LogP contribution in [0.15, 0.2) is 24.3 Å². The molecule has 0 bridgehead atoms. The van der Waals surface area contributed by atoms with Crippen molar-refractivity contribution in [3.8, 4) is 0 Å². The predicted octanol–water partition coefficient (Wildman–Crippen LogP) is 3.61. The molecule has 17 heavy (non-hydrogen) atoms. The lowest BCUT2D eigenvalue weighted by Crippen LogP contribution is -2.39. The summed E-state index contributed by atoms with van der Waals surface area (Å²) in [6.07, 6.45) is 2.73. The Labute approximate surface area is 101 Å². The number of benzene rings is 1. The molecule has 0 heterocycles. The highest BCUT2D eigenvalue weighted by atomic mass is 19.3. The minimum Gasteiger partial charge on any atom is -0.321 e. The van der Waals surface area contributed by atoms with Crippen molar-refractivity contribution in [1.82, 2.24) is 0 Å². The Balaban J connectivity index is 2.29. The first-order valence-electron chi connectivity index (χ1n) is 6.27. The van der Waals surface area contributed by atoms with E-state index in [4.69, 9.17) is 5.73 Å². The molecule has 0 aliphatic heterocycles. The molecule has 0 aromatic heterocycles. The van der Waals surface area contributed by atoms with Crippen molar-refractivity contribution in [1.29, 1.82) is 0 Å². The smallest absolute Gasteiger partial charge is 0.242 e. The first-order valence-corrected chi connectivity index (χ1v) is 6.27. The first-order chi connectivity index (χ1) is 8.12. The largest absolute Gasteiger partial charge is 0.321 e. The molecule has 1 aliphatic carbocycles. The Morgan fingerprint density at radius 2 is 1.76 bits per heavy atom. The van der Waals surface area contributed by atoms with Crippen molar-refractivity contribution in [2.24, 2.45) is 5.73 Å². The normalized spacial score (nSPS) is 19.5. The van der Waals surface area contributed by atoms with Gasteiger partial charge in [0, 0.05) is 12.0 Å². The van der Waals surface area contributed by atoms with Gasteiger partial charge in [-0.25, -0.2) is 8.78 Å². The SMILES string of the molecule is NC1(c2ccccc2CC(F)F)CCCCC1. The Hall–Kier alpha value is -0.960. The molecule has 0 amide bonds. The lowest BCUT2D eigenvalue weighted by atomic mass is 9.75. The minimum atomic E-state index is -2.30. The lowest BCUT2D eigenvalue weighted by molar-refractivity contribution is 0.148. The maximum Gasteiger partial charge on any atom is 0.242 e. The molecule has 1 saturated carbocycles. The zero-order chi connectivity index (χ0) is 12.3. The van der Waals surface area contributed by atoms with Crippen LogP contribution in [0.4, 0.5) is 8.78 Å². The van der Waals surface area contributed by atoms with E-state index in [-0.39, 0.29) is 12.0 Å². The second-order valence-electron chi connectivity index (χ2n) is 4.97. The van der Waals surface area contributed by atoms with Gasteiger partial charge in [-0.2, -0.15) is 0 Å². The van der Waals surface area contributed by atoms with Crippen LogP contribution in [0, 0.1) is 0 Å². The van der Waals surface area contributed by atoms with Crippen molar-refractivity contribution < 1.29 is 8.78 Å². The van der Waals surface area contributed by atoms with E-state index < -0.39 is 6.43 Å². The van der Waals surface area contributed by atoms with Crippen LogP contribution in [-0.2, 0) is 12.0 Å². The van der Waals surface area contributed by atoms with Gasteiger partial charge < -0.3 is 5.73 Å². The summed E-state index contributed by atoms with van der Waals surface area (Å²) in [7, 11) is 0. The number of alkyl halides is 2. The zero-order valence-electron chi connectivity index (χ0n) is 9.96. The summed E-state index contributed by atoms with van der Waals surface area (Å²) in [5.74, 6) is 0. The summed E-state index contributed by atoms with van der Waals surface area (Å²) in [4.78, 5) is 0. The molecule has 0 saturated heterocycles. The molecule has 94 valence electrons. The standard InChI is InChI=1S/C14H19F2N/c15-13(16)10-11-6-2-3-7-12(11)14(17)8-4-1-5-9-14/h2-3,6-7,13H,1,4-5,8-10,17H2. The summed E-state index contributed by atoms with van der Waals surface area (Å²) >= 11 is 0. The van der Waals surface area contributed by atoms with Crippen molar-refractivity contribution >= 4 is 0 Å². The van der Waals surface area contributed by atoms with E-state index in [9.17, 15) is 8.78 Å². The van der Waals surface area contributed by atoms with Crippen LogP contribution in [0.2, 0.25) is 0 Å². The Morgan fingerprint density at radius 1 is 1.12 bits per heavy atom. The molecule has 1 fully saturated rings. The van der Waals surface area contributed by atoms with E-state index in [1.54, 1.807) is 6.07 Å². The monoisotopic (exact) mass is 239 g/mol. The minimum absolute atomic E-state index is 0.185. The third-order valence-electron chi connectivity index (χ3n) is 3.67. The van der Waals surface area contributed by atoms with Crippen molar-refractivity contribution in [2.45, 2.75) is 50.5 Å². The quantitative estimate of drug-likeness (QED) is 0.856. The number of halogens is 2. The molecular formula is C14H19F2N. The van der Waals surface area contributed by atoms with Gasteiger partial charge in [-0.3, -0.25) is 0 Å². The van der Waals surface area contributed by atoms with Crippen LogP contribution in [-0.4, -0.2) is 6.43 Å². The molecule has 0 atom stereocenters. The van der Waals surface area contributed by atoms with E-state index in [0.717, 1.165) is 31.2 Å². The van der Waals surface area contributed by atoms with Gasteiger partial charge in [-0.15, -0.1) is 0 Å². The van der Waals surface area contributed by atoms with Gasteiger partial charge in [-0.1, -0.05) is 43.5 Å². The fraction of sp³-hybridized carbons (Fsp3) is 0.571. The van der Waals surface area contributed by atoms with E-state index in [1.807, 2.05) is 18.2 Å². The summed E-state index contributed by atoms with van der Waals surface area (Å²) in [6.45, 7) is 0.